The highest BCUT2D eigenvalue weighted by atomic mass is 16.3. The molecule has 0 fully saturated rings. The van der Waals surface area contributed by atoms with E-state index in [-0.39, 0.29) is 17.9 Å². The van der Waals surface area contributed by atoms with Crippen molar-refractivity contribution in [2.75, 3.05) is 5.32 Å². The lowest BCUT2D eigenvalue weighted by Gasteiger charge is -2.21. The van der Waals surface area contributed by atoms with Crippen LogP contribution in [-0.4, -0.2) is 11.0 Å². The van der Waals surface area contributed by atoms with Crippen LogP contribution in [0.1, 0.15) is 36.0 Å². The highest BCUT2D eigenvalue weighted by molar-refractivity contribution is 5.95. The van der Waals surface area contributed by atoms with E-state index in [9.17, 15) is 9.90 Å². The molecule has 3 heteroatoms. The molecule has 1 aliphatic carbocycles. The molecule has 0 bridgehead atoms. The monoisotopic (exact) mass is 189 g/mol. The van der Waals surface area contributed by atoms with Gasteiger partial charge in [0, 0.05) is 12.1 Å². The van der Waals surface area contributed by atoms with Crippen LogP contribution in [0.15, 0.2) is 18.2 Å². The third-order valence-corrected chi connectivity index (χ3v) is 3.12. The van der Waals surface area contributed by atoms with Gasteiger partial charge in [0.2, 0.25) is 5.91 Å². The third-order valence-electron chi connectivity index (χ3n) is 3.12. The van der Waals surface area contributed by atoms with E-state index >= 15 is 0 Å². The lowest BCUT2D eigenvalue weighted by molar-refractivity contribution is -0.116. The number of amides is 1. The number of carbonyl (C=O) groups excluding carboxylic acids is 1. The molecule has 2 N–H and O–H groups in total. The Labute approximate surface area is 81.8 Å². The van der Waals surface area contributed by atoms with Crippen LogP contribution in [0.25, 0.3) is 0 Å². The summed E-state index contributed by atoms with van der Waals surface area (Å²) in [4.78, 5) is 11.3. The van der Waals surface area contributed by atoms with Crippen LogP contribution in [0.4, 0.5) is 5.69 Å². The number of anilines is 1. The fraction of sp³-hybridized carbons (Fsp3) is 0.364. The SMILES string of the molecule is O=C1CC2CC(O)c3cccc(c32)N1. The van der Waals surface area contributed by atoms with Crippen LogP contribution >= 0.6 is 0 Å². The van der Waals surface area contributed by atoms with Gasteiger partial charge < -0.3 is 10.4 Å². The molecule has 0 saturated carbocycles. The van der Waals surface area contributed by atoms with Crippen molar-refractivity contribution in [3.05, 3.63) is 29.3 Å². The fourth-order valence-corrected chi connectivity index (χ4v) is 2.56. The van der Waals surface area contributed by atoms with E-state index in [1.54, 1.807) is 0 Å². The predicted octanol–water partition coefficient (Wildman–Crippen LogP) is 1.55. The first kappa shape index (κ1) is 8.00. The zero-order valence-corrected chi connectivity index (χ0v) is 7.66. The summed E-state index contributed by atoms with van der Waals surface area (Å²) in [6, 6.07) is 5.73. The van der Waals surface area contributed by atoms with Crippen molar-refractivity contribution in [3.8, 4) is 0 Å². The minimum absolute atomic E-state index is 0.0637. The van der Waals surface area contributed by atoms with Gasteiger partial charge in [-0.05, 0) is 29.5 Å². The summed E-state index contributed by atoms with van der Waals surface area (Å²) in [6.45, 7) is 0. The average molecular weight is 189 g/mol. The van der Waals surface area contributed by atoms with Crippen molar-refractivity contribution in [1.82, 2.24) is 0 Å². The molecule has 2 unspecified atom stereocenters. The van der Waals surface area contributed by atoms with Gasteiger partial charge >= 0.3 is 0 Å². The highest BCUT2D eigenvalue weighted by Crippen LogP contribution is 2.47. The van der Waals surface area contributed by atoms with Crippen LogP contribution < -0.4 is 5.32 Å². The number of rotatable bonds is 0. The van der Waals surface area contributed by atoms with Crippen molar-refractivity contribution in [2.24, 2.45) is 0 Å². The van der Waals surface area contributed by atoms with Gasteiger partial charge in [-0.15, -0.1) is 0 Å². The summed E-state index contributed by atoms with van der Waals surface area (Å²) < 4.78 is 0. The molecule has 0 saturated heterocycles. The van der Waals surface area contributed by atoms with Gasteiger partial charge in [-0.3, -0.25) is 4.79 Å². The van der Waals surface area contributed by atoms with E-state index in [1.165, 1.54) is 0 Å². The van der Waals surface area contributed by atoms with Crippen LogP contribution in [0, 0.1) is 0 Å². The number of nitrogens with one attached hydrogen (secondary N) is 1. The summed E-state index contributed by atoms with van der Waals surface area (Å²) in [7, 11) is 0. The first-order valence-corrected chi connectivity index (χ1v) is 4.86. The Bertz CT molecular complexity index is 414. The Kier molecular flexibility index (Phi) is 1.47. The van der Waals surface area contributed by atoms with Gasteiger partial charge in [0.25, 0.3) is 0 Å². The molecule has 1 heterocycles. The normalized spacial score (nSPS) is 28.5. The Morgan fingerprint density at radius 1 is 1.43 bits per heavy atom. The molecule has 3 rings (SSSR count). The topological polar surface area (TPSA) is 49.3 Å². The molecule has 0 spiro atoms. The number of carbonyl (C=O) groups is 1. The first-order valence-electron chi connectivity index (χ1n) is 4.86. The average Bonchev–Trinajstić information content (AvgIpc) is 2.45. The molecule has 1 aliphatic heterocycles. The minimum Gasteiger partial charge on any atom is -0.388 e. The Hall–Kier alpha value is -1.35. The highest BCUT2D eigenvalue weighted by Gasteiger charge is 2.36. The maximum atomic E-state index is 11.3. The van der Waals surface area contributed by atoms with Crippen LogP contribution in [0.3, 0.4) is 0 Å². The van der Waals surface area contributed by atoms with E-state index in [0.29, 0.717) is 12.8 Å². The molecule has 14 heavy (non-hydrogen) atoms. The van der Waals surface area contributed by atoms with E-state index in [1.807, 2.05) is 18.2 Å². The number of benzene rings is 1. The summed E-state index contributed by atoms with van der Waals surface area (Å²) >= 11 is 0. The lowest BCUT2D eigenvalue weighted by atomic mass is 9.92. The van der Waals surface area contributed by atoms with E-state index in [0.717, 1.165) is 16.8 Å². The van der Waals surface area contributed by atoms with Crippen LogP contribution in [0.2, 0.25) is 0 Å². The van der Waals surface area contributed by atoms with Gasteiger partial charge in [0.1, 0.15) is 0 Å². The molecular formula is C11H11NO2. The van der Waals surface area contributed by atoms with Gasteiger partial charge in [0.05, 0.1) is 6.10 Å². The summed E-state index contributed by atoms with van der Waals surface area (Å²) in [6.07, 6.45) is 0.823. The van der Waals surface area contributed by atoms with Gasteiger partial charge in [0.15, 0.2) is 0 Å². The maximum absolute atomic E-state index is 11.3. The van der Waals surface area contributed by atoms with Crippen molar-refractivity contribution in [2.45, 2.75) is 24.9 Å². The maximum Gasteiger partial charge on any atom is 0.224 e. The van der Waals surface area contributed by atoms with E-state index in [4.69, 9.17) is 0 Å². The minimum atomic E-state index is -0.386. The summed E-state index contributed by atoms with van der Waals surface area (Å²) in [5.41, 5.74) is 3.03. The van der Waals surface area contributed by atoms with E-state index in [2.05, 4.69) is 5.32 Å². The molecule has 0 aromatic heterocycles. The number of hydrogen-bond acceptors (Lipinski definition) is 2. The van der Waals surface area contributed by atoms with Gasteiger partial charge in [-0.1, -0.05) is 12.1 Å². The predicted molar refractivity (Wildman–Crippen MR) is 52.0 cm³/mol. The molecule has 1 aromatic rings. The Morgan fingerprint density at radius 2 is 2.29 bits per heavy atom. The van der Waals surface area contributed by atoms with Crippen molar-refractivity contribution < 1.29 is 9.90 Å². The standard InChI is InChI=1S/C11H11NO2/c13-9-4-6-5-10(14)12-8-3-1-2-7(9)11(6)8/h1-3,6,9,13H,4-5H2,(H,12,14). The molecule has 1 amide bonds. The lowest BCUT2D eigenvalue weighted by Crippen LogP contribution is -2.21. The van der Waals surface area contributed by atoms with Gasteiger partial charge in [-0.25, -0.2) is 0 Å². The second kappa shape index (κ2) is 2.58. The summed E-state index contributed by atoms with van der Waals surface area (Å²) in [5.74, 6) is 0.290. The zero-order valence-electron chi connectivity index (χ0n) is 7.66. The zero-order chi connectivity index (χ0) is 9.71. The second-order valence-corrected chi connectivity index (χ2v) is 4.01. The first-order chi connectivity index (χ1) is 6.75. The van der Waals surface area contributed by atoms with Crippen molar-refractivity contribution >= 4 is 11.6 Å². The second-order valence-electron chi connectivity index (χ2n) is 4.01. The van der Waals surface area contributed by atoms with Crippen LogP contribution in [-0.2, 0) is 4.79 Å². The molecule has 1 aromatic carbocycles. The molecule has 72 valence electrons. The van der Waals surface area contributed by atoms with Gasteiger partial charge in [-0.2, -0.15) is 0 Å². The molecule has 2 atom stereocenters. The molecule has 0 radical (unpaired) electrons. The van der Waals surface area contributed by atoms with Crippen molar-refractivity contribution in [3.63, 3.8) is 0 Å². The Balaban J connectivity index is 2.21. The number of aliphatic hydroxyl groups is 1. The number of hydrogen-bond donors (Lipinski definition) is 2. The summed E-state index contributed by atoms with van der Waals surface area (Å²) in [5, 5.41) is 12.6. The number of aliphatic hydroxyl groups excluding tert-OH is 1. The fourth-order valence-electron chi connectivity index (χ4n) is 2.56. The van der Waals surface area contributed by atoms with E-state index < -0.39 is 0 Å². The quantitative estimate of drug-likeness (QED) is 0.650. The smallest absolute Gasteiger partial charge is 0.224 e. The van der Waals surface area contributed by atoms with Crippen molar-refractivity contribution in [1.29, 1.82) is 0 Å². The third kappa shape index (κ3) is 0.930. The molecule has 2 aliphatic rings. The Morgan fingerprint density at radius 3 is 3.14 bits per heavy atom. The van der Waals surface area contributed by atoms with Crippen LogP contribution in [0.5, 0.6) is 0 Å². The largest absolute Gasteiger partial charge is 0.388 e. The molecule has 3 nitrogen and oxygen atoms in total. The molecular weight excluding hydrogens is 178 g/mol.